The SMILES string of the molecule is Cc1ccccc1-c1n[nH]nc1-c1ccc(F)cc1. The maximum atomic E-state index is 13.0. The summed E-state index contributed by atoms with van der Waals surface area (Å²) in [5.41, 5.74) is 4.50. The van der Waals surface area contributed by atoms with Gasteiger partial charge in [0, 0.05) is 11.1 Å². The lowest BCUT2D eigenvalue weighted by Crippen LogP contribution is -1.87. The molecule has 0 amide bonds. The number of halogens is 1. The molecule has 0 aliphatic heterocycles. The third-order valence-corrected chi connectivity index (χ3v) is 3.07. The molecule has 94 valence electrons. The predicted molar refractivity (Wildman–Crippen MR) is 71.9 cm³/mol. The fraction of sp³-hybridized carbons (Fsp3) is 0.0667. The quantitative estimate of drug-likeness (QED) is 0.758. The molecule has 3 rings (SSSR count). The van der Waals surface area contributed by atoms with Crippen LogP contribution in [0.15, 0.2) is 48.5 Å². The van der Waals surface area contributed by atoms with Gasteiger partial charge in [0.05, 0.1) is 0 Å². The monoisotopic (exact) mass is 253 g/mol. The molecule has 1 heterocycles. The first-order valence-corrected chi connectivity index (χ1v) is 5.98. The molecular weight excluding hydrogens is 241 g/mol. The molecule has 4 heteroatoms. The highest BCUT2D eigenvalue weighted by Gasteiger charge is 2.13. The largest absolute Gasteiger partial charge is 0.207 e. The van der Waals surface area contributed by atoms with Gasteiger partial charge in [0.15, 0.2) is 0 Å². The van der Waals surface area contributed by atoms with Crippen molar-refractivity contribution in [2.24, 2.45) is 0 Å². The molecule has 0 aliphatic rings. The minimum Gasteiger partial charge on any atom is -0.207 e. The van der Waals surface area contributed by atoms with Crippen molar-refractivity contribution in [1.29, 1.82) is 0 Å². The highest BCUT2D eigenvalue weighted by molar-refractivity contribution is 5.78. The van der Waals surface area contributed by atoms with Crippen LogP contribution in [-0.2, 0) is 0 Å². The lowest BCUT2D eigenvalue weighted by Gasteiger charge is -2.04. The third-order valence-electron chi connectivity index (χ3n) is 3.07. The van der Waals surface area contributed by atoms with Crippen molar-refractivity contribution in [2.75, 3.05) is 0 Å². The van der Waals surface area contributed by atoms with Crippen LogP contribution >= 0.6 is 0 Å². The maximum Gasteiger partial charge on any atom is 0.123 e. The summed E-state index contributed by atoms with van der Waals surface area (Å²) in [6.45, 7) is 2.03. The van der Waals surface area contributed by atoms with Crippen molar-refractivity contribution in [3.05, 3.63) is 59.9 Å². The van der Waals surface area contributed by atoms with E-state index in [-0.39, 0.29) is 5.82 Å². The van der Waals surface area contributed by atoms with Crippen molar-refractivity contribution in [3.8, 4) is 22.5 Å². The van der Waals surface area contributed by atoms with E-state index in [1.807, 2.05) is 31.2 Å². The molecule has 3 aromatic rings. The van der Waals surface area contributed by atoms with Crippen molar-refractivity contribution in [1.82, 2.24) is 15.4 Å². The Morgan fingerprint density at radius 1 is 0.895 bits per heavy atom. The Bertz CT molecular complexity index is 701. The molecule has 0 radical (unpaired) electrons. The van der Waals surface area contributed by atoms with E-state index in [0.717, 1.165) is 28.1 Å². The predicted octanol–water partition coefficient (Wildman–Crippen LogP) is 3.59. The van der Waals surface area contributed by atoms with Gasteiger partial charge in [-0.05, 0) is 36.8 Å². The van der Waals surface area contributed by atoms with E-state index in [0.29, 0.717) is 0 Å². The highest BCUT2D eigenvalue weighted by Crippen LogP contribution is 2.30. The number of hydrogen-bond donors (Lipinski definition) is 1. The first-order valence-electron chi connectivity index (χ1n) is 5.98. The van der Waals surface area contributed by atoms with E-state index in [1.165, 1.54) is 12.1 Å². The second-order valence-electron chi connectivity index (χ2n) is 4.34. The summed E-state index contributed by atoms with van der Waals surface area (Å²) in [6, 6.07) is 14.2. The Labute approximate surface area is 110 Å². The Morgan fingerprint density at radius 3 is 2.32 bits per heavy atom. The van der Waals surface area contributed by atoms with E-state index < -0.39 is 0 Å². The van der Waals surface area contributed by atoms with E-state index in [4.69, 9.17) is 0 Å². The molecule has 1 aromatic heterocycles. The lowest BCUT2D eigenvalue weighted by atomic mass is 10.0. The van der Waals surface area contributed by atoms with Crippen molar-refractivity contribution in [3.63, 3.8) is 0 Å². The van der Waals surface area contributed by atoms with Gasteiger partial charge >= 0.3 is 0 Å². The number of nitrogens with one attached hydrogen (secondary N) is 1. The summed E-state index contributed by atoms with van der Waals surface area (Å²) in [7, 11) is 0. The topological polar surface area (TPSA) is 41.6 Å². The fourth-order valence-corrected chi connectivity index (χ4v) is 2.07. The van der Waals surface area contributed by atoms with Gasteiger partial charge < -0.3 is 0 Å². The van der Waals surface area contributed by atoms with Gasteiger partial charge in [-0.15, -0.1) is 0 Å². The molecule has 0 bridgehead atoms. The van der Waals surface area contributed by atoms with Gasteiger partial charge in [-0.2, -0.15) is 15.4 Å². The zero-order valence-electron chi connectivity index (χ0n) is 10.4. The molecule has 0 saturated heterocycles. The van der Waals surface area contributed by atoms with E-state index in [1.54, 1.807) is 12.1 Å². The Balaban J connectivity index is 2.13. The number of aromatic amines is 1. The van der Waals surface area contributed by atoms with Gasteiger partial charge in [0.25, 0.3) is 0 Å². The first kappa shape index (κ1) is 11.6. The van der Waals surface area contributed by atoms with Gasteiger partial charge in [0.1, 0.15) is 17.2 Å². The number of H-pyrrole nitrogens is 1. The summed E-state index contributed by atoms with van der Waals surface area (Å²) in [4.78, 5) is 0. The maximum absolute atomic E-state index is 13.0. The fourth-order valence-electron chi connectivity index (χ4n) is 2.07. The molecule has 0 atom stereocenters. The van der Waals surface area contributed by atoms with Gasteiger partial charge in [0.2, 0.25) is 0 Å². The average Bonchev–Trinajstić information content (AvgIpc) is 2.89. The summed E-state index contributed by atoms with van der Waals surface area (Å²) in [5.74, 6) is -0.260. The molecule has 1 N–H and O–H groups in total. The highest BCUT2D eigenvalue weighted by atomic mass is 19.1. The Kier molecular flexibility index (Phi) is 2.83. The van der Waals surface area contributed by atoms with Crippen LogP contribution in [0.2, 0.25) is 0 Å². The third kappa shape index (κ3) is 2.12. The van der Waals surface area contributed by atoms with Crippen LogP contribution in [0.25, 0.3) is 22.5 Å². The van der Waals surface area contributed by atoms with Gasteiger partial charge in [-0.25, -0.2) is 4.39 Å². The second kappa shape index (κ2) is 4.65. The Morgan fingerprint density at radius 2 is 1.58 bits per heavy atom. The normalized spacial score (nSPS) is 10.6. The standard InChI is InChI=1S/C15H12FN3/c1-10-4-2-3-5-13(10)15-14(17-19-18-15)11-6-8-12(16)9-7-11/h2-9H,1H3,(H,17,18,19). The van der Waals surface area contributed by atoms with Crippen molar-refractivity contribution >= 4 is 0 Å². The van der Waals surface area contributed by atoms with Crippen LogP contribution in [0.5, 0.6) is 0 Å². The first-order chi connectivity index (χ1) is 9.25. The molecule has 0 spiro atoms. The molecule has 0 saturated carbocycles. The zero-order valence-corrected chi connectivity index (χ0v) is 10.4. The molecule has 19 heavy (non-hydrogen) atoms. The van der Waals surface area contributed by atoms with Crippen LogP contribution < -0.4 is 0 Å². The van der Waals surface area contributed by atoms with Crippen LogP contribution in [0.1, 0.15) is 5.56 Å². The van der Waals surface area contributed by atoms with E-state index >= 15 is 0 Å². The van der Waals surface area contributed by atoms with Crippen LogP contribution in [0.3, 0.4) is 0 Å². The molecular formula is C15H12FN3. The summed E-state index contributed by atoms with van der Waals surface area (Å²) in [5, 5.41) is 11.0. The number of aryl methyl sites for hydroxylation is 1. The smallest absolute Gasteiger partial charge is 0.123 e. The summed E-state index contributed by atoms with van der Waals surface area (Å²) < 4.78 is 13.0. The summed E-state index contributed by atoms with van der Waals surface area (Å²) in [6.07, 6.45) is 0. The molecule has 0 aliphatic carbocycles. The molecule has 2 aromatic carbocycles. The number of benzene rings is 2. The number of nitrogens with zero attached hydrogens (tertiary/aromatic N) is 2. The van der Waals surface area contributed by atoms with E-state index in [9.17, 15) is 4.39 Å². The number of hydrogen-bond acceptors (Lipinski definition) is 2. The minimum absolute atomic E-state index is 0.260. The van der Waals surface area contributed by atoms with Crippen LogP contribution in [-0.4, -0.2) is 15.4 Å². The minimum atomic E-state index is -0.260. The molecule has 0 fully saturated rings. The summed E-state index contributed by atoms with van der Waals surface area (Å²) >= 11 is 0. The van der Waals surface area contributed by atoms with Crippen molar-refractivity contribution in [2.45, 2.75) is 6.92 Å². The molecule has 3 nitrogen and oxygen atoms in total. The average molecular weight is 253 g/mol. The van der Waals surface area contributed by atoms with Crippen LogP contribution in [0.4, 0.5) is 4.39 Å². The zero-order chi connectivity index (χ0) is 13.2. The van der Waals surface area contributed by atoms with Gasteiger partial charge in [-0.1, -0.05) is 24.3 Å². The number of rotatable bonds is 2. The van der Waals surface area contributed by atoms with Crippen molar-refractivity contribution < 1.29 is 4.39 Å². The van der Waals surface area contributed by atoms with Crippen LogP contribution in [0, 0.1) is 12.7 Å². The second-order valence-corrected chi connectivity index (χ2v) is 4.34. The lowest BCUT2D eigenvalue weighted by molar-refractivity contribution is 0.628. The molecule has 0 unspecified atom stereocenters. The van der Waals surface area contributed by atoms with E-state index in [2.05, 4.69) is 15.4 Å². The van der Waals surface area contributed by atoms with Gasteiger partial charge in [-0.3, -0.25) is 0 Å². The number of aromatic nitrogens is 3. The Hall–Kier alpha value is -2.49.